The van der Waals surface area contributed by atoms with E-state index in [1.165, 1.54) is 0 Å². The molecule has 0 unspecified atom stereocenters. The van der Waals surface area contributed by atoms with Crippen molar-refractivity contribution in [1.82, 2.24) is 4.90 Å². The highest BCUT2D eigenvalue weighted by Gasteiger charge is 2.35. The summed E-state index contributed by atoms with van der Waals surface area (Å²) in [5, 5.41) is 3.58. The van der Waals surface area contributed by atoms with Crippen LogP contribution in [0.15, 0.2) is 78.9 Å². The third-order valence-corrected chi connectivity index (χ3v) is 6.19. The first-order valence-electron chi connectivity index (χ1n) is 10.9. The molecule has 0 aliphatic carbocycles. The number of hydrogen-bond acceptors (Lipinski definition) is 4. The molecule has 3 aromatic rings. The molecular formula is C26H27N3O2. The highest BCUT2D eigenvalue weighted by atomic mass is 16.5. The highest BCUT2D eigenvalue weighted by molar-refractivity contribution is 6.01. The Morgan fingerprint density at radius 1 is 0.968 bits per heavy atom. The number of ether oxygens (including phenoxy) is 1. The van der Waals surface area contributed by atoms with Gasteiger partial charge in [0.25, 0.3) is 5.91 Å². The number of fused-ring (bicyclic) bond motifs is 1. The van der Waals surface area contributed by atoms with E-state index >= 15 is 0 Å². The first-order valence-corrected chi connectivity index (χ1v) is 10.9. The molecule has 1 saturated heterocycles. The molecule has 0 spiro atoms. The SMILES string of the molecule is CN(c1ccccc1)c1ccc([C@H]2Nc3ccccc3C(=O)N2C[C@H]2CCCO2)cc1. The predicted molar refractivity (Wildman–Crippen MR) is 124 cm³/mol. The molecule has 1 fully saturated rings. The van der Waals surface area contributed by atoms with Crippen molar-refractivity contribution >= 4 is 23.0 Å². The van der Waals surface area contributed by atoms with Crippen LogP contribution in [0, 0.1) is 0 Å². The standard InChI is InChI=1S/C26H27N3O2/c1-28(20-8-3-2-4-9-20)21-15-13-19(14-16-21)25-27-24-12-6-5-11-23(24)26(30)29(25)18-22-10-7-17-31-22/h2-6,8-9,11-16,22,25,27H,7,10,17-18H2,1H3/t22-,25+/m1/s1. The molecule has 1 amide bonds. The molecule has 0 aromatic heterocycles. The van der Waals surface area contributed by atoms with E-state index in [9.17, 15) is 4.79 Å². The molecule has 1 N–H and O–H groups in total. The van der Waals surface area contributed by atoms with E-state index in [2.05, 4.69) is 53.7 Å². The van der Waals surface area contributed by atoms with Crippen molar-refractivity contribution in [3.8, 4) is 0 Å². The fourth-order valence-corrected chi connectivity index (χ4v) is 4.43. The predicted octanol–water partition coefficient (Wildman–Crippen LogP) is 5.20. The summed E-state index contributed by atoms with van der Waals surface area (Å²) in [6, 6.07) is 26.5. The zero-order valence-corrected chi connectivity index (χ0v) is 17.7. The van der Waals surface area contributed by atoms with Gasteiger partial charge in [0, 0.05) is 37.3 Å². The molecule has 2 aliphatic rings. The van der Waals surface area contributed by atoms with E-state index in [-0.39, 0.29) is 18.2 Å². The number of carbonyl (C=O) groups excluding carboxylic acids is 1. The van der Waals surface area contributed by atoms with Crippen LogP contribution in [0.25, 0.3) is 0 Å². The number of para-hydroxylation sites is 2. The Morgan fingerprint density at radius 2 is 1.68 bits per heavy atom. The molecule has 31 heavy (non-hydrogen) atoms. The summed E-state index contributed by atoms with van der Waals surface area (Å²) in [6.07, 6.45) is 1.94. The lowest BCUT2D eigenvalue weighted by Gasteiger charge is -2.39. The Kier molecular flexibility index (Phi) is 5.35. The van der Waals surface area contributed by atoms with Gasteiger partial charge in [0.2, 0.25) is 0 Å². The smallest absolute Gasteiger partial charge is 0.257 e. The number of nitrogens with one attached hydrogen (secondary N) is 1. The van der Waals surface area contributed by atoms with Crippen molar-refractivity contribution in [2.75, 3.05) is 30.4 Å². The third-order valence-electron chi connectivity index (χ3n) is 6.19. The second kappa shape index (κ2) is 8.44. The Bertz CT molecular complexity index is 1050. The van der Waals surface area contributed by atoms with Crippen molar-refractivity contribution in [3.63, 3.8) is 0 Å². The topological polar surface area (TPSA) is 44.8 Å². The first kappa shape index (κ1) is 19.6. The largest absolute Gasteiger partial charge is 0.376 e. The lowest BCUT2D eigenvalue weighted by atomic mass is 10.0. The fraction of sp³-hybridized carbons (Fsp3) is 0.269. The highest BCUT2D eigenvalue weighted by Crippen LogP contribution is 2.35. The number of benzene rings is 3. The molecule has 0 bridgehead atoms. The third kappa shape index (κ3) is 3.89. The van der Waals surface area contributed by atoms with Gasteiger partial charge in [-0.25, -0.2) is 0 Å². The maximum absolute atomic E-state index is 13.4. The molecule has 0 radical (unpaired) electrons. The van der Waals surface area contributed by atoms with Crippen molar-refractivity contribution in [2.45, 2.75) is 25.1 Å². The minimum atomic E-state index is -0.220. The second-order valence-electron chi connectivity index (χ2n) is 8.17. The summed E-state index contributed by atoms with van der Waals surface area (Å²) in [6.45, 7) is 1.37. The molecule has 5 nitrogen and oxygen atoms in total. The van der Waals surface area contributed by atoms with Gasteiger partial charge in [-0.3, -0.25) is 4.79 Å². The average Bonchev–Trinajstić information content (AvgIpc) is 3.34. The molecule has 158 valence electrons. The summed E-state index contributed by atoms with van der Waals surface area (Å²) in [5.74, 6) is 0.0559. The van der Waals surface area contributed by atoms with Crippen LogP contribution >= 0.6 is 0 Å². The maximum atomic E-state index is 13.4. The van der Waals surface area contributed by atoms with E-state index < -0.39 is 0 Å². The lowest BCUT2D eigenvalue weighted by molar-refractivity contribution is 0.0427. The fourth-order valence-electron chi connectivity index (χ4n) is 4.43. The normalized spacial score (nSPS) is 20.3. The van der Waals surface area contributed by atoms with E-state index in [1.807, 2.05) is 47.4 Å². The van der Waals surface area contributed by atoms with Gasteiger partial charge in [-0.15, -0.1) is 0 Å². The number of carbonyl (C=O) groups is 1. The number of rotatable bonds is 5. The minimum absolute atomic E-state index is 0.0559. The summed E-state index contributed by atoms with van der Waals surface area (Å²) >= 11 is 0. The van der Waals surface area contributed by atoms with E-state index in [1.54, 1.807) is 0 Å². The maximum Gasteiger partial charge on any atom is 0.257 e. The summed E-state index contributed by atoms with van der Waals surface area (Å²) < 4.78 is 5.85. The van der Waals surface area contributed by atoms with Crippen LogP contribution in [0.2, 0.25) is 0 Å². The van der Waals surface area contributed by atoms with Gasteiger partial charge in [0.05, 0.1) is 11.7 Å². The average molecular weight is 414 g/mol. The molecule has 5 rings (SSSR count). The summed E-state index contributed by atoms with van der Waals surface area (Å²) in [7, 11) is 2.06. The number of anilines is 3. The number of nitrogens with zero attached hydrogens (tertiary/aromatic N) is 2. The van der Waals surface area contributed by atoms with Crippen LogP contribution in [-0.4, -0.2) is 37.1 Å². The van der Waals surface area contributed by atoms with Gasteiger partial charge in [-0.2, -0.15) is 0 Å². The molecule has 2 atom stereocenters. The molecular weight excluding hydrogens is 386 g/mol. The van der Waals surface area contributed by atoms with Gasteiger partial charge in [-0.1, -0.05) is 42.5 Å². The van der Waals surface area contributed by atoms with Gasteiger partial charge in [-0.05, 0) is 54.8 Å². The Labute approximate surface area is 183 Å². The summed E-state index contributed by atoms with van der Waals surface area (Å²) in [4.78, 5) is 17.5. The van der Waals surface area contributed by atoms with E-state index in [0.29, 0.717) is 6.54 Å². The monoisotopic (exact) mass is 413 g/mol. The quantitative estimate of drug-likeness (QED) is 0.624. The zero-order chi connectivity index (χ0) is 21.2. The van der Waals surface area contributed by atoms with E-state index in [4.69, 9.17) is 4.74 Å². The van der Waals surface area contributed by atoms with Gasteiger partial charge in [0.15, 0.2) is 0 Å². The Hall–Kier alpha value is -3.31. The number of amides is 1. The van der Waals surface area contributed by atoms with Gasteiger partial charge < -0.3 is 19.9 Å². The van der Waals surface area contributed by atoms with Crippen LogP contribution in [-0.2, 0) is 4.74 Å². The second-order valence-corrected chi connectivity index (χ2v) is 8.17. The Morgan fingerprint density at radius 3 is 2.42 bits per heavy atom. The van der Waals surface area contributed by atoms with Crippen molar-refractivity contribution in [3.05, 3.63) is 90.0 Å². The van der Waals surface area contributed by atoms with Crippen molar-refractivity contribution in [1.29, 1.82) is 0 Å². The van der Waals surface area contributed by atoms with Crippen LogP contribution in [0.5, 0.6) is 0 Å². The zero-order valence-electron chi connectivity index (χ0n) is 17.7. The summed E-state index contributed by atoms with van der Waals surface area (Å²) in [5.41, 5.74) is 4.90. The molecule has 5 heteroatoms. The lowest BCUT2D eigenvalue weighted by Crippen LogP contribution is -2.46. The van der Waals surface area contributed by atoms with Gasteiger partial charge >= 0.3 is 0 Å². The Balaban J connectivity index is 1.44. The molecule has 2 aliphatic heterocycles. The van der Waals surface area contributed by atoms with Crippen LogP contribution in [0.4, 0.5) is 17.1 Å². The van der Waals surface area contributed by atoms with E-state index in [0.717, 1.165) is 47.6 Å². The van der Waals surface area contributed by atoms with Crippen LogP contribution in [0.1, 0.15) is 34.9 Å². The minimum Gasteiger partial charge on any atom is -0.376 e. The molecule has 2 heterocycles. The number of hydrogen-bond donors (Lipinski definition) is 1. The first-order chi connectivity index (χ1) is 15.2. The molecule has 3 aromatic carbocycles. The van der Waals surface area contributed by atoms with Crippen molar-refractivity contribution in [2.24, 2.45) is 0 Å². The molecule has 0 saturated carbocycles. The van der Waals surface area contributed by atoms with Crippen molar-refractivity contribution < 1.29 is 9.53 Å². The van der Waals surface area contributed by atoms with Crippen LogP contribution in [0.3, 0.4) is 0 Å². The van der Waals surface area contributed by atoms with Crippen LogP contribution < -0.4 is 10.2 Å². The van der Waals surface area contributed by atoms with Gasteiger partial charge in [0.1, 0.15) is 6.17 Å².